The first kappa shape index (κ1) is 24.1. The van der Waals surface area contributed by atoms with Crippen molar-refractivity contribution < 1.29 is 22.4 Å². The van der Waals surface area contributed by atoms with Gasteiger partial charge in [0.2, 0.25) is 5.91 Å². The van der Waals surface area contributed by atoms with Crippen molar-refractivity contribution in [2.75, 3.05) is 0 Å². The highest BCUT2D eigenvalue weighted by molar-refractivity contribution is 5.99. The normalized spacial score (nSPS) is 12.0. The Bertz CT molecular complexity index is 1490. The van der Waals surface area contributed by atoms with Crippen molar-refractivity contribution in [2.45, 2.75) is 33.0 Å². The third-order valence-corrected chi connectivity index (χ3v) is 5.46. The van der Waals surface area contributed by atoms with Crippen LogP contribution in [0.15, 0.2) is 47.4 Å². The first-order chi connectivity index (χ1) is 16.5. The number of alkyl halides is 3. The number of hydrogen-bond donors (Lipinski definition) is 2. The van der Waals surface area contributed by atoms with Gasteiger partial charge in [0.15, 0.2) is 5.82 Å². The Morgan fingerprint density at radius 1 is 1.14 bits per heavy atom. The van der Waals surface area contributed by atoms with Gasteiger partial charge in [0, 0.05) is 11.1 Å². The lowest BCUT2D eigenvalue weighted by molar-refractivity contribution is -0.144. The van der Waals surface area contributed by atoms with Crippen LogP contribution in [-0.4, -0.2) is 25.4 Å². The molecule has 0 fully saturated rings. The Morgan fingerprint density at radius 3 is 2.51 bits per heavy atom. The largest absolute Gasteiger partial charge is 0.431 e. The van der Waals surface area contributed by atoms with Gasteiger partial charge in [0.1, 0.15) is 17.0 Å². The Kier molecular flexibility index (Phi) is 6.18. The van der Waals surface area contributed by atoms with Gasteiger partial charge < -0.3 is 10.7 Å². The monoisotopic (exact) mass is 487 g/mol. The summed E-state index contributed by atoms with van der Waals surface area (Å²) in [6.07, 6.45) is -3.35. The highest BCUT2D eigenvalue weighted by Gasteiger charge is 2.35. The van der Waals surface area contributed by atoms with E-state index in [1.54, 1.807) is 0 Å². The summed E-state index contributed by atoms with van der Waals surface area (Å²) in [5.41, 5.74) is 3.83. The number of H-pyrrole nitrogens is 1. The average Bonchev–Trinajstić information content (AvgIpc) is 3.21. The van der Waals surface area contributed by atoms with Crippen LogP contribution in [0.3, 0.4) is 0 Å². The van der Waals surface area contributed by atoms with Crippen LogP contribution < -0.4 is 11.3 Å². The summed E-state index contributed by atoms with van der Waals surface area (Å²) in [5.74, 6) is -1.43. The van der Waals surface area contributed by atoms with E-state index in [9.17, 15) is 27.2 Å². The average molecular weight is 487 g/mol. The quantitative estimate of drug-likeness (QED) is 0.396. The van der Waals surface area contributed by atoms with Gasteiger partial charge in [-0.1, -0.05) is 32.0 Å². The number of primary amides is 1. The second kappa shape index (κ2) is 8.97. The van der Waals surface area contributed by atoms with Crippen LogP contribution in [0.4, 0.5) is 17.6 Å². The van der Waals surface area contributed by atoms with E-state index < -0.39 is 35.7 Å². The summed E-state index contributed by atoms with van der Waals surface area (Å²) in [7, 11) is 0. The van der Waals surface area contributed by atoms with Gasteiger partial charge in [-0.15, -0.1) is 0 Å². The molecule has 3 N–H and O–H groups in total. The summed E-state index contributed by atoms with van der Waals surface area (Å²) in [4.78, 5) is 36.2. The fourth-order valence-electron chi connectivity index (χ4n) is 3.95. The van der Waals surface area contributed by atoms with E-state index >= 15 is 0 Å². The number of carbonyl (C=O) groups is 1. The molecular formula is C24H21F4N5O2. The Labute approximate surface area is 196 Å². The first-order valence-electron chi connectivity index (χ1n) is 10.7. The minimum atomic E-state index is -4.86. The molecule has 0 bridgehead atoms. The molecule has 3 aromatic heterocycles. The molecule has 0 saturated carbocycles. The van der Waals surface area contributed by atoms with E-state index in [1.165, 1.54) is 24.3 Å². The molecule has 182 valence electrons. The number of halogens is 4. The molecule has 0 aliphatic carbocycles. The maximum absolute atomic E-state index is 14.4. The molecule has 35 heavy (non-hydrogen) atoms. The molecule has 0 spiro atoms. The molecular weight excluding hydrogens is 466 g/mol. The minimum absolute atomic E-state index is 0.00822. The van der Waals surface area contributed by atoms with Crippen LogP contribution in [-0.2, 0) is 19.1 Å². The van der Waals surface area contributed by atoms with Gasteiger partial charge in [-0.25, -0.2) is 9.37 Å². The van der Waals surface area contributed by atoms with Crippen LogP contribution in [0, 0.1) is 11.7 Å². The lowest BCUT2D eigenvalue weighted by Crippen LogP contribution is -2.30. The number of carbonyl (C=O) groups excluding carboxylic acids is 1. The van der Waals surface area contributed by atoms with Crippen molar-refractivity contribution in [1.29, 1.82) is 0 Å². The predicted octanol–water partition coefficient (Wildman–Crippen LogP) is 4.29. The number of rotatable bonds is 6. The zero-order valence-electron chi connectivity index (χ0n) is 18.8. The van der Waals surface area contributed by atoms with Gasteiger partial charge in [-0.05, 0) is 36.1 Å². The van der Waals surface area contributed by atoms with Gasteiger partial charge >= 0.3 is 6.18 Å². The number of hydrogen-bond acceptors (Lipinski definition) is 4. The molecule has 0 aliphatic rings. The molecule has 1 amide bonds. The molecule has 7 nitrogen and oxygen atoms in total. The molecule has 4 aromatic rings. The third-order valence-electron chi connectivity index (χ3n) is 5.46. The van der Waals surface area contributed by atoms with Crippen LogP contribution >= 0.6 is 0 Å². The molecule has 4 rings (SSSR count). The highest BCUT2D eigenvalue weighted by atomic mass is 19.4. The maximum atomic E-state index is 14.4. The van der Waals surface area contributed by atoms with Gasteiger partial charge in [0.05, 0.1) is 24.0 Å². The number of nitrogens with one attached hydrogen (secondary N) is 1. The Balaban J connectivity index is 1.89. The van der Waals surface area contributed by atoms with Crippen LogP contribution in [0.5, 0.6) is 0 Å². The molecule has 0 unspecified atom stereocenters. The number of imidazole rings is 1. The van der Waals surface area contributed by atoms with Crippen molar-refractivity contribution in [3.63, 3.8) is 0 Å². The fourth-order valence-corrected chi connectivity index (χ4v) is 3.95. The van der Waals surface area contributed by atoms with Gasteiger partial charge in [-0.3, -0.25) is 19.1 Å². The van der Waals surface area contributed by atoms with Crippen molar-refractivity contribution >= 4 is 16.9 Å². The van der Waals surface area contributed by atoms with Crippen LogP contribution in [0.25, 0.3) is 22.2 Å². The number of aromatic amines is 1. The number of pyridine rings is 2. The zero-order chi connectivity index (χ0) is 25.5. The lowest BCUT2D eigenvalue weighted by atomic mass is 10.00. The molecule has 0 atom stereocenters. The van der Waals surface area contributed by atoms with Crippen molar-refractivity contribution in [3.05, 3.63) is 81.5 Å². The lowest BCUT2D eigenvalue weighted by Gasteiger charge is -2.16. The number of nitrogens with two attached hydrogens (primary N) is 1. The van der Waals surface area contributed by atoms with Crippen molar-refractivity contribution in [1.82, 2.24) is 19.5 Å². The second-order valence-corrected chi connectivity index (χ2v) is 8.49. The van der Waals surface area contributed by atoms with Crippen molar-refractivity contribution in [2.24, 2.45) is 11.7 Å². The van der Waals surface area contributed by atoms with E-state index in [2.05, 4.69) is 15.0 Å². The summed E-state index contributed by atoms with van der Waals surface area (Å²) < 4.78 is 56.3. The Morgan fingerprint density at radius 2 is 1.86 bits per heavy atom. The van der Waals surface area contributed by atoms with Gasteiger partial charge in [0.25, 0.3) is 5.56 Å². The molecule has 0 saturated heterocycles. The Hall–Kier alpha value is -4.02. The molecule has 3 heterocycles. The maximum Gasteiger partial charge on any atom is 0.431 e. The standard InChI is InChI=1S/C24H21F4N5O2/c1-12(2)9-17-21-20(16(25)10-30-17)31-19(32-21)11-33-18(24(26,27)28)8-7-15(23(33)35)13-5-3-4-6-14(13)22(29)34/h3-8,10,12H,9,11H2,1-2H3,(H2,29,34)(H,31,32). The fraction of sp³-hybridized carbons (Fsp3) is 0.250. The van der Waals surface area contributed by atoms with E-state index in [4.69, 9.17) is 5.73 Å². The van der Waals surface area contributed by atoms with E-state index in [1.807, 2.05) is 13.8 Å². The third kappa shape index (κ3) is 4.66. The predicted molar refractivity (Wildman–Crippen MR) is 121 cm³/mol. The second-order valence-electron chi connectivity index (χ2n) is 8.49. The topological polar surface area (TPSA) is 107 Å². The SMILES string of the molecule is CC(C)Cc1ncc(F)c2nc(Cn3c(C(F)(F)F)ccc(-c4ccccc4C(N)=O)c3=O)[nH]c12. The van der Waals surface area contributed by atoms with Crippen LogP contribution in [0.2, 0.25) is 0 Å². The zero-order valence-corrected chi connectivity index (χ0v) is 18.8. The number of fused-ring (bicyclic) bond motifs is 1. The van der Waals surface area contributed by atoms with Crippen molar-refractivity contribution in [3.8, 4) is 11.1 Å². The summed E-state index contributed by atoms with van der Waals surface area (Å²) >= 11 is 0. The highest BCUT2D eigenvalue weighted by Crippen LogP contribution is 2.31. The molecule has 0 aliphatic heterocycles. The van der Waals surface area contributed by atoms with Gasteiger partial charge in [-0.2, -0.15) is 13.2 Å². The van der Waals surface area contributed by atoms with E-state index in [0.717, 1.165) is 18.3 Å². The van der Waals surface area contributed by atoms with Crippen LogP contribution in [0.1, 0.15) is 41.4 Å². The minimum Gasteiger partial charge on any atom is -0.366 e. The first-order valence-corrected chi connectivity index (χ1v) is 10.7. The summed E-state index contributed by atoms with van der Waals surface area (Å²) in [5, 5.41) is 0. The molecule has 11 heteroatoms. The number of amides is 1. The molecule has 1 aromatic carbocycles. The van der Waals surface area contributed by atoms with E-state index in [0.29, 0.717) is 16.7 Å². The number of nitrogens with zero attached hydrogens (tertiary/aromatic N) is 3. The smallest absolute Gasteiger partial charge is 0.366 e. The number of aromatic nitrogens is 4. The molecule has 0 radical (unpaired) electrons. The summed E-state index contributed by atoms with van der Waals surface area (Å²) in [6, 6.07) is 7.63. The summed E-state index contributed by atoms with van der Waals surface area (Å²) in [6.45, 7) is 3.27. The van der Waals surface area contributed by atoms with E-state index in [-0.39, 0.29) is 39.5 Å². The number of benzene rings is 1.